The van der Waals surface area contributed by atoms with E-state index in [9.17, 15) is 9.59 Å². The molecule has 1 aromatic carbocycles. The van der Waals surface area contributed by atoms with Crippen LogP contribution in [0.3, 0.4) is 0 Å². The SMILES string of the molecule is CCN(CC)c1nc2c(OC)c(OC)c(OC)c(C(N)=O)c2c(=O)[nH]1. The molecule has 9 heteroatoms. The van der Waals surface area contributed by atoms with Crippen LogP contribution in [0.4, 0.5) is 5.95 Å². The molecule has 0 radical (unpaired) electrons. The van der Waals surface area contributed by atoms with E-state index >= 15 is 0 Å². The van der Waals surface area contributed by atoms with Crippen molar-refractivity contribution in [1.29, 1.82) is 0 Å². The second-order valence-electron chi connectivity index (χ2n) is 5.12. The summed E-state index contributed by atoms with van der Waals surface area (Å²) in [5, 5.41) is -0.00194. The Morgan fingerprint density at radius 2 is 1.64 bits per heavy atom. The van der Waals surface area contributed by atoms with Crippen LogP contribution in [0, 0.1) is 0 Å². The minimum Gasteiger partial charge on any atom is -0.492 e. The first-order chi connectivity index (χ1) is 11.9. The van der Waals surface area contributed by atoms with Crippen molar-refractivity contribution in [2.75, 3.05) is 39.3 Å². The van der Waals surface area contributed by atoms with Gasteiger partial charge in [-0.1, -0.05) is 0 Å². The highest BCUT2D eigenvalue weighted by atomic mass is 16.5. The first kappa shape index (κ1) is 18.4. The summed E-state index contributed by atoms with van der Waals surface area (Å²) in [5.41, 5.74) is 5.05. The number of primary amides is 1. The zero-order valence-corrected chi connectivity index (χ0v) is 14.9. The van der Waals surface area contributed by atoms with Gasteiger partial charge in [-0.25, -0.2) is 4.98 Å². The highest BCUT2D eigenvalue weighted by molar-refractivity contribution is 6.11. The molecule has 2 rings (SSSR count). The van der Waals surface area contributed by atoms with Crippen molar-refractivity contribution in [1.82, 2.24) is 9.97 Å². The maximum Gasteiger partial charge on any atom is 0.261 e. The Labute approximate surface area is 144 Å². The van der Waals surface area contributed by atoms with E-state index < -0.39 is 11.5 Å². The van der Waals surface area contributed by atoms with Crippen LogP contribution < -0.4 is 30.4 Å². The van der Waals surface area contributed by atoms with Crippen LogP contribution in [0.15, 0.2) is 4.79 Å². The van der Waals surface area contributed by atoms with Crippen LogP contribution in [-0.2, 0) is 0 Å². The van der Waals surface area contributed by atoms with Crippen molar-refractivity contribution in [3.63, 3.8) is 0 Å². The molecular formula is C16H22N4O5. The number of benzene rings is 1. The molecule has 1 aromatic heterocycles. The number of nitrogens with two attached hydrogens (primary N) is 1. The molecule has 0 aliphatic rings. The van der Waals surface area contributed by atoms with Crippen LogP contribution in [-0.4, -0.2) is 50.3 Å². The fourth-order valence-electron chi connectivity index (χ4n) is 2.77. The van der Waals surface area contributed by atoms with Crippen molar-refractivity contribution >= 4 is 22.8 Å². The number of methoxy groups -OCH3 is 3. The van der Waals surface area contributed by atoms with E-state index in [1.54, 1.807) is 0 Å². The zero-order valence-electron chi connectivity index (χ0n) is 14.9. The number of fused-ring (bicyclic) bond motifs is 1. The van der Waals surface area contributed by atoms with Gasteiger partial charge < -0.3 is 24.8 Å². The molecule has 0 unspecified atom stereocenters. The van der Waals surface area contributed by atoms with Crippen LogP contribution >= 0.6 is 0 Å². The molecule has 0 atom stereocenters. The van der Waals surface area contributed by atoms with Gasteiger partial charge in [-0.3, -0.25) is 14.6 Å². The first-order valence-corrected chi connectivity index (χ1v) is 7.75. The molecule has 2 aromatic rings. The smallest absolute Gasteiger partial charge is 0.261 e. The topological polar surface area (TPSA) is 120 Å². The van der Waals surface area contributed by atoms with Gasteiger partial charge in [-0.2, -0.15) is 0 Å². The Balaban J connectivity index is 3.06. The van der Waals surface area contributed by atoms with Crippen molar-refractivity contribution in [2.24, 2.45) is 5.73 Å². The summed E-state index contributed by atoms with van der Waals surface area (Å²) in [6.45, 7) is 5.16. The Hall–Kier alpha value is -2.97. The zero-order chi connectivity index (χ0) is 18.7. The van der Waals surface area contributed by atoms with Gasteiger partial charge in [0.05, 0.1) is 26.7 Å². The van der Waals surface area contributed by atoms with Crippen LogP contribution in [0.25, 0.3) is 10.9 Å². The second kappa shape index (κ2) is 7.29. The molecule has 1 amide bonds. The molecule has 0 spiro atoms. The third-order valence-electron chi connectivity index (χ3n) is 3.93. The summed E-state index contributed by atoms with van der Waals surface area (Å²) in [4.78, 5) is 33.7. The molecule has 0 fully saturated rings. The van der Waals surface area contributed by atoms with E-state index in [0.717, 1.165) is 0 Å². The van der Waals surface area contributed by atoms with Gasteiger partial charge in [-0.05, 0) is 13.8 Å². The summed E-state index contributed by atoms with van der Waals surface area (Å²) in [7, 11) is 4.16. The molecule has 0 aliphatic heterocycles. The lowest BCUT2D eigenvalue weighted by Gasteiger charge is -2.21. The van der Waals surface area contributed by atoms with Crippen LogP contribution in [0.5, 0.6) is 17.2 Å². The van der Waals surface area contributed by atoms with Gasteiger partial charge >= 0.3 is 0 Å². The van der Waals surface area contributed by atoms with E-state index in [0.29, 0.717) is 19.0 Å². The predicted molar refractivity (Wildman–Crippen MR) is 94.1 cm³/mol. The first-order valence-electron chi connectivity index (χ1n) is 7.75. The number of amides is 1. The van der Waals surface area contributed by atoms with Crippen LogP contribution in [0.1, 0.15) is 24.2 Å². The number of carbonyl (C=O) groups excluding carboxylic acids is 1. The summed E-state index contributed by atoms with van der Waals surface area (Å²) < 4.78 is 16.0. The average Bonchev–Trinajstić information content (AvgIpc) is 2.60. The van der Waals surface area contributed by atoms with E-state index in [-0.39, 0.29) is 33.7 Å². The molecular weight excluding hydrogens is 328 g/mol. The molecule has 0 saturated carbocycles. The molecule has 0 aliphatic carbocycles. The maximum absolute atomic E-state index is 12.7. The number of anilines is 1. The normalized spacial score (nSPS) is 10.6. The molecule has 9 nitrogen and oxygen atoms in total. The number of carbonyl (C=O) groups is 1. The Kier molecular flexibility index (Phi) is 5.35. The van der Waals surface area contributed by atoms with Gasteiger partial charge in [0, 0.05) is 13.1 Å². The van der Waals surface area contributed by atoms with E-state index in [1.165, 1.54) is 21.3 Å². The highest BCUT2D eigenvalue weighted by Crippen LogP contribution is 2.45. The molecule has 3 N–H and O–H groups in total. The lowest BCUT2D eigenvalue weighted by molar-refractivity contribution is 0.0998. The van der Waals surface area contributed by atoms with Gasteiger partial charge in [0.2, 0.25) is 11.7 Å². The van der Waals surface area contributed by atoms with Crippen molar-refractivity contribution in [3.05, 3.63) is 15.9 Å². The Bertz CT molecular complexity index is 858. The number of rotatable bonds is 7. The Morgan fingerprint density at radius 1 is 1.08 bits per heavy atom. The van der Waals surface area contributed by atoms with Gasteiger partial charge in [-0.15, -0.1) is 0 Å². The number of ether oxygens (including phenoxy) is 3. The van der Waals surface area contributed by atoms with Crippen molar-refractivity contribution in [3.8, 4) is 17.2 Å². The van der Waals surface area contributed by atoms with Crippen molar-refractivity contribution in [2.45, 2.75) is 13.8 Å². The number of nitrogens with one attached hydrogen (secondary N) is 1. The molecule has 25 heavy (non-hydrogen) atoms. The predicted octanol–water partition coefficient (Wildman–Crippen LogP) is 0.894. The van der Waals surface area contributed by atoms with Gasteiger partial charge in [0.1, 0.15) is 11.1 Å². The quantitative estimate of drug-likeness (QED) is 0.761. The fraction of sp³-hybridized carbons (Fsp3) is 0.438. The highest BCUT2D eigenvalue weighted by Gasteiger charge is 2.28. The summed E-state index contributed by atoms with van der Waals surface area (Å²) in [6, 6.07) is 0. The minimum atomic E-state index is -0.828. The molecule has 0 bridgehead atoms. The Morgan fingerprint density at radius 3 is 2.08 bits per heavy atom. The number of nitrogens with zero attached hydrogens (tertiary/aromatic N) is 2. The number of H-pyrrole nitrogens is 1. The number of hydrogen-bond donors (Lipinski definition) is 2. The lowest BCUT2D eigenvalue weighted by atomic mass is 10.1. The molecule has 1 heterocycles. The summed E-state index contributed by atoms with van der Waals surface area (Å²) in [5.74, 6) is -0.0925. The second-order valence-corrected chi connectivity index (χ2v) is 5.12. The van der Waals surface area contributed by atoms with Gasteiger partial charge in [0.25, 0.3) is 11.5 Å². The lowest BCUT2D eigenvalue weighted by Crippen LogP contribution is -2.28. The standard InChI is InChI=1S/C16H22N4O5/c1-6-20(7-2)16-18-10-8(15(22)19-16)9(14(17)21)11(23-3)13(25-5)12(10)24-4/h6-7H2,1-5H3,(H2,17,21)(H,18,19,22). The third-order valence-corrected chi connectivity index (χ3v) is 3.93. The van der Waals surface area contributed by atoms with Crippen molar-refractivity contribution < 1.29 is 19.0 Å². The average molecular weight is 350 g/mol. The third kappa shape index (κ3) is 2.92. The summed E-state index contributed by atoms with van der Waals surface area (Å²) >= 11 is 0. The van der Waals surface area contributed by atoms with E-state index in [2.05, 4.69) is 9.97 Å². The maximum atomic E-state index is 12.7. The number of aromatic nitrogens is 2. The van der Waals surface area contributed by atoms with Crippen LogP contribution in [0.2, 0.25) is 0 Å². The largest absolute Gasteiger partial charge is 0.492 e. The minimum absolute atomic E-state index is 0.00194. The number of aromatic amines is 1. The fourth-order valence-corrected chi connectivity index (χ4v) is 2.77. The molecule has 136 valence electrons. The monoisotopic (exact) mass is 350 g/mol. The van der Waals surface area contributed by atoms with E-state index in [1.807, 2.05) is 18.7 Å². The molecule has 0 saturated heterocycles. The number of hydrogen-bond acceptors (Lipinski definition) is 7. The summed E-state index contributed by atoms with van der Waals surface area (Å²) in [6.07, 6.45) is 0. The van der Waals surface area contributed by atoms with E-state index in [4.69, 9.17) is 19.9 Å². The van der Waals surface area contributed by atoms with Gasteiger partial charge in [0.15, 0.2) is 11.5 Å².